The summed E-state index contributed by atoms with van der Waals surface area (Å²) in [6.45, 7) is 0. The Kier molecular flexibility index (Phi) is 3.00. The largest absolute Gasteiger partial charge is 0.467 e. The smallest absolute Gasteiger partial charge is 0.324 e. The highest BCUT2D eigenvalue weighted by Gasteiger charge is 2.42. The lowest BCUT2D eigenvalue weighted by molar-refractivity contribution is 0.341. The minimum absolute atomic E-state index is 0.0705. The van der Waals surface area contributed by atoms with Crippen molar-refractivity contribution in [2.24, 2.45) is 0 Å². The standard InChI is InChI=1S/C9H13ClN4O2/c1-15-7-11-6(12-8(13-7)16-2)14-9(5-10)3-4-9/h3-5H2,1-2H3,(H,11,12,13,14). The van der Waals surface area contributed by atoms with Crippen molar-refractivity contribution in [3.63, 3.8) is 0 Å². The van der Waals surface area contributed by atoms with E-state index in [4.69, 9.17) is 21.1 Å². The summed E-state index contributed by atoms with van der Waals surface area (Å²) >= 11 is 5.86. The maximum Gasteiger partial charge on any atom is 0.324 e. The summed E-state index contributed by atoms with van der Waals surface area (Å²) < 4.78 is 9.90. The van der Waals surface area contributed by atoms with Crippen LogP contribution >= 0.6 is 11.6 Å². The number of hydrogen-bond acceptors (Lipinski definition) is 6. The van der Waals surface area contributed by atoms with Crippen molar-refractivity contribution < 1.29 is 9.47 Å². The van der Waals surface area contributed by atoms with Gasteiger partial charge in [0.15, 0.2) is 0 Å². The van der Waals surface area contributed by atoms with E-state index in [-0.39, 0.29) is 17.6 Å². The van der Waals surface area contributed by atoms with E-state index in [1.54, 1.807) is 0 Å². The number of anilines is 1. The topological polar surface area (TPSA) is 69.2 Å². The first-order chi connectivity index (χ1) is 7.71. The van der Waals surface area contributed by atoms with Gasteiger partial charge in [-0.2, -0.15) is 9.97 Å². The molecule has 6 nitrogen and oxygen atoms in total. The van der Waals surface area contributed by atoms with Gasteiger partial charge in [-0.15, -0.1) is 16.6 Å². The van der Waals surface area contributed by atoms with Crippen LogP contribution in [0.15, 0.2) is 0 Å². The van der Waals surface area contributed by atoms with Gasteiger partial charge in [-0.05, 0) is 12.8 Å². The second kappa shape index (κ2) is 4.29. The van der Waals surface area contributed by atoms with Gasteiger partial charge in [0.25, 0.3) is 0 Å². The Balaban J connectivity index is 2.19. The molecular weight excluding hydrogens is 232 g/mol. The van der Waals surface area contributed by atoms with Gasteiger partial charge in [-0.3, -0.25) is 0 Å². The summed E-state index contributed by atoms with van der Waals surface area (Å²) in [4.78, 5) is 12.1. The maximum absolute atomic E-state index is 5.86. The fourth-order valence-electron chi connectivity index (χ4n) is 1.26. The van der Waals surface area contributed by atoms with Gasteiger partial charge >= 0.3 is 12.0 Å². The molecule has 1 fully saturated rings. The van der Waals surface area contributed by atoms with Crippen molar-refractivity contribution in [3.05, 3.63) is 0 Å². The molecule has 1 aliphatic rings. The van der Waals surface area contributed by atoms with E-state index in [0.717, 1.165) is 12.8 Å². The number of hydrogen-bond donors (Lipinski definition) is 1. The van der Waals surface area contributed by atoms with Crippen LogP contribution < -0.4 is 14.8 Å². The molecule has 0 spiro atoms. The molecule has 1 heterocycles. The van der Waals surface area contributed by atoms with Crippen LogP contribution in [-0.4, -0.2) is 40.6 Å². The predicted octanol–water partition coefficient (Wildman–Crippen LogP) is 1.07. The van der Waals surface area contributed by atoms with Gasteiger partial charge in [-0.25, -0.2) is 0 Å². The fourth-order valence-corrected chi connectivity index (χ4v) is 1.59. The maximum atomic E-state index is 5.86. The zero-order valence-electron chi connectivity index (χ0n) is 9.16. The highest BCUT2D eigenvalue weighted by atomic mass is 35.5. The van der Waals surface area contributed by atoms with Gasteiger partial charge in [0.1, 0.15) is 0 Å². The van der Waals surface area contributed by atoms with Crippen molar-refractivity contribution in [2.75, 3.05) is 25.4 Å². The Hall–Kier alpha value is -1.30. The lowest BCUT2D eigenvalue weighted by Crippen LogP contribution is -2.24. The number of halogens is 1. The van der Waals surface area contributed by atoms with Crippen LogP contribution in [-0.2, 0) is 0 Å². The van der Waals surface area contributed by atoms with E-state index in [9.17, 15) is 0 Å². The molecular formula is C9H13ClN4O2. The molecule has 0 saturated heterocycles. The number of nitrogens with zero attached hydrogens (tertiary/aromatic N) is 3. The Morgan fingerprint density at radius 2 is 1.75 bits per heavy atom. The molecule has 0 radical (unpaired) electrons. The van der Waals surface area contributed by atoms with Crippen LogP contribution in [0.2, 0.25) is 0 Å². The summed E-state index contributed by atoms with van der Waals surface area (Å²) in [5.74, 6) is 0.963. The Morgan fingerprint density at radius 3 is 2.12 bits per heavy atom. The second-order valence-corrected chi connectivity index (χ2v) is 3.94. The van der Waals surface area contributed by atoms with Gasteiger partial charge in [0.2, 0.25) is 5.95 Å². The monoisotopic (exact) mass is 244 g/mol. The van der Waals surface area contributed by atoms with Crippen molar-refractivity contribution in [1.82, 2.24) is 15.0 Å². The third-order valence-electron chi connectivity index (χ3n) is 2.45. The first kappa shape index (κ1) is 11.2. The molecule has 7 heteroatoms. The van der Waals surface area contributed by atoms with Crippen molar-refractivity contribution in [3.8, 4) is 12.0 Å². The molecule has 0 unspecified atom stereocenters. The average Bonchev–Trinajstić information content (AvgIpc) is 3.09. The van der Waals surface area contributed by atoms with Crippen molar-refractivity contribution in [2.45, 2.75) is 18.4 Å². The van der Waals surface area contributed by atoms with Gasteiger partial charge in [0, 0.05) is 5.88 Å². The molecule has 1 aliphatic carbocycles. The van der Waals surface area contributed by atoms with Gasteiger partial charge < -0.3 is 14.8 Å². The normalized spacial score (nSPS) is 16.7. The van der Waals surface area contributed by atoms with Crippen LogP contribution in [0.5, 0.6) is 12.0 Å². The molecule has 0 bridgehead atoms. The fraction of sp³-hybridized carbons (Fsp3) is 0.667. The van der Waals surface area contributed by atoms with E-state index in [1.807, 2.05) is 0 Å². The molecule has 88 valence electrons. The summed E-state index contributed by atoms with van der Waals surface area (Å²) in [6.07, 6.45) is 2.04. The molecule has 16 heavy (non-hydrogen) atoms. The highest BCUT2D eigenvalue weighted by Crippen LogP contribution is 2.39. The number of nitrogens with one attached hydrogen (secondary N) is 1. The molecule has 1 N–H and O–H groups in total. The average molecular weight is 245 g/mol. The predicted molar refractivity (Wildman–Crippen MR) is 59.2 cm³/mol. The first-order valence-corrected chi connectivity index (χ1v) is 5.43. The second-order valence-electron chi connectivity index (χ2n) is 3.67. The molecule has 1 saturated carbocycles. The van der Waals surface area contributed by atoms with Crippen LogP contribution in [0.4, 0.5) is 5.95 Å². The van der Waals surface area contributed by atoms with Crippen LogP contribution in [0.1, 0.15) is 12.8 Å². The van der Waals surface area contributed by atoms with E-state index in [0.29, 0.717) is 11.8 Å². The summed E-state index contributed by atoms with van der Waals surface area (Å²) in [5.41, 5.74) is -0.0705. The minimum Gasteiger partial charge on any atom is -0.467 e. The third-order valence-corrected chi connectivity index (χ3v) is 2.96. The lowest BCUT2D eigenvalue weighted by atomic mass is 10.3. The number of rotatable bonds is 5. The van der Waals surface area contributed by atoms with Crippen LogP contribution in [0.3, 0.4) is 0 Å². The quantitative estimate of drug-likeness (QED) is 0.782. The molecule has 1 aromatic heterocycles. The van der Waals surface area contributed by atoms with Crippen LogP contribution in [0, 0.1) is 0 Å². The third kappa shape index (κ3) is 2.27. The van der Waals surface area contributed by atoms with Crippen molar-refractivity contribution in [1.29, 1.82) is 0 Å². The molecule has 2 rings (SSSR count). The highest BCUT2D eigenvalue weighted by molar-refractivity contribution is 6.19. The lowest BCUT2D eigenvalue weighted by Gasteiger charge is -2.14. The molecule has 0 aliphatic heterocycles. The molecule has 1 aromatic rings. The van der Waals surface area contributed by atoms with Crippen LogP contribution in [0.25, 0.3) is 0 Å². The van der Waals surface area contributed by atoms with Gasteiger partial charge in [0.05, 0.1) is 19.8 Å². The molecule has 0 aromatic carbocycles. The zero-order chi connectivity index (χ0) is 11.6. The van der Waals surface area contributed by atoms with E-state index in [2.05, 4.69) is 20.3 Å². The van der Waals surface area contributed by atoms with Gasteiger partial charge in [-0.1, -0.05) is 0 Å². The number of aromatic nitrogens is 3. The Bertz CT molecular complexity index is 362. The number of methoxy groups -OCH3 is 2. The van der Waals surface area contributed by atoms with E-state index in [1.165, 1.54) is 14.2 Å². The summed E-state index contributed by atoms with van der Waals surface area (Å²) in [5, 5.41) is 3.17. The van der Waals surface area contributed by atoms with E-state index >= 15 is 0 Å². The Labute approximate surface area is 98.4 Å². The summed E-state index contributed by atoms with van der Waals surface area (Å²) in [7, 11) is 2.99. The molecule has 0 atom stereocenters. The number of ether oxygens (including phenoxy) is 2. The number of alkyl halides is 1. The SMILES string of the molecule is COc1nc(NC2(CCl)CC2)nc(OC)n1. The molecule has 0 amide bonds. The van der Waals surface area contributed by atoms with Crippen molar-refractivity contribution >= 4 is 17.5 Å². The zero-order valence-corrected chi connectivity index (χ0v) is 9.91. The first-order valence-electron chi connectivity index (χ1n) is 4.89. The Morgan fingerprint density at radius 1 is 1.19 bits per heavy atom. The minimum atomic E-state index is -0.0705. The summed E-state index contributed by atoms with van der Waals surface area (Å²) in [6, 6.07) is 0.444. The van der Waals surface area contributed by atoms with E-state index < -0.39 is 0 Å².